The van der Waals surface area contributed by atoms with Gasteiger partial charge in [0.25, 0.3) is 11.1 Å². The van der Waals surface area contributed by atoms with E-state index in [4.69, 9.17) is 31.4 Å². The molecule has 128 heavy (non-hydrogen) atoms. The van der Waals surface area contributed by atoms with Crippen LogP contribution in [0.15, 0.2) is 31.6 Å². The number of ether oxygens (including phenoxy) is 3. The van der Waals surface area contributed by atoms with E-state index in [0.717, 1.165) is 26.2 Å². The molecular weight excluding hydrogens is 1750 g/mol. The number of nitrogens with one attached hydrogen (secondary N) is 13. The Morgan fingerprint density at radius 3 is 1.27 bits per heavy atom. The summed E-state index contributed by atoms with van der Waals surface area (Å²) in [6.07, 6.45) is -28.4. The van der Waals surface area contributed by atoms with Crippen LogP contribution < -0.4 is 98.2 Å². The molecule has 3 aliphatic heterocycles. The standard InChI is InChI=1S/C72H116N20O34S2/c1-29-20-89(71(122)87-62(29)113)22-49(101)91(11-9-76-45(97)16-78-46(98)17-79-47(99)18-81-65(116)33(74)13-39-52(103)58(109)55(106)42(24-93)124-39)37(14-40-53(104)59(110)56(107)43(25-94)125-40)68(119)85-36(28-128)67(118)82-31(3)64(115)80-19-48(100)83-35(27-127)66(117)77-10-12-92(50(102)23-90-21-30(2)63(114)88-72(90)123)38(15-41-54(105)60(111)57(108)44(26-95)126-41)69(120)86-51(32(4)96)70(121)84-34(61(75)112)7-5-6-8-73/h20-21,31-44,51-60,93-96,103-111,127-128H,5-19,22-28,73-74H2,1-4H3,(H2,75,112)(H,76,97)(H,77,117)(H,78,98)(H,79,99)(H,80,115)(H,81,116)(H,82,118)(H,83,100)(H,84,121)(H,85,119)(H,86,120)(H,87,113,122)(H,88,114,123)/t31-,32+,33?,34-,35-,36-,37?,38?,39-,40-,41-,42+,43+,44+,51-,52-,53-,54-,55-,56-,57-,58+,59+,60+/m0/s1. The van der Waals surface area contributed by atoms with Crippen LogP contribution in [0, 0.1) is 13.8 Å². The van der Waals surface area contributed by atoms with Crippen LogP contribution in [0.4, 0.5) is 0 Å². The number of thiol groups is 2. The van der Waals surface area contributed by atoms with Crippen molar-refractivity contribution in [2.75, 3.05) is 90.2 Å². The van der Waals surface area contributed by atoms with Crippen molar-refractivity contribution < 1.29 is 148 Å². The number of aliphatic hydroxyl groups excluding tert-OH is 13. The van der Waals surface area contributed by atoms with Crippen molar-refractivity contribution in [1.82, 2.24) is 87.4 Å². The predicted octanol–water partition coefficient (Wildman–Crippen LogP) is -19.9. The van der Waals surface area contributed by atoms with Crippen LogP contribution in [-0.2, 0) is 94.4 Å². The Morgan fingerprint density at radius 1 is 0.461 bits per heavy atom. The van der Waals surface area contributed by atoms with Crippen molar-refractivity contribution >= 4 is 108 Å². The molecule has 14 amide bonds. The highest BCUT2D eigenvalue weighted by Crippen LogP contribution is 2.29. The number of primary amides is 1. The van der Waals surface area contributed by atoms with Crippen molar-refractivity contribution in [1.29, 1.82) is 0 Å². The summed E-state index contributed by atoms with van der Waals surface area (Å²) in [6, 6.07) is -14.0. The highest BCUT2D eigenvalue weighted by Gasteiger charge is 2.50. The second-order valence-corrected chi connectivity index (χ2v) is 31.1. The molecule has 3 fully saturated rings. The van der Waals surface area contributed by atoms with E-state index >= 15 is 0 Å². The molecular formula is C72H116N20O34S2. The van der Waals surface area contributed by atoms with Gasteiger partial charge in [0.2, 0.25) is 82.7 Å². The highest BCUT2D eigenvalue weighted by molar-refractivity contribution is 7.80. The van der Waals surface area contributed by atoms with Crippen molar-refractivity contribution in [3.63, 3.8) is 0 Å². The van der Waals surface area contributed by atoms with E-state index in [-0.39, 0.29) is 30.5 Å². The van der Waals surface area contributed by atoms with Crippen molar-refractivity contribution in [3.8, 4) is 0 Å². The normalized spacial score (nSPS) is 24.2. The molecule has 32 N–H and O–H groups in total. The highest BCUT2D eigenvalue weighted by atomic mass is 32.1. The second-order valence-electron chi connectivity index (χ2n) is 30.4. The summed E-state index contributed by atoms with van der Waals surface area (Å²) >= 11 is 8.36. The summed E-state index contributed by atoms with van der Waals surface area (Å²) in [4.78, 5) is 248. The number of nitrogens with zero attached hydrogens (tertiary/aromatic N) is 4. The summed E-state index contributed by atoms with van der Waals surface area (Å²) in [6.45, 7) is -6.13. The van der Waals surface area contributed by atoms with E-state index in [0.29, 0.717) is 25.4 Å². The van der Waals surface area contributed by atoms with Gasteiger partial charge in [-0.1, -0.05) is 0 Å². The predicted molar refractivity (Wildman–Crippen MR) is 441 cm³/mol. The first-order valence-corrected chi connectivity index (χ1v) is 41.4. The van der Waals surface area contributed by atoms with Gasteiger partial charge in [-0.2, -0.15) is 25.3 Å². The molecule has 5 rings (SSSR count). The molecule has 720 valence electrons. The maximum absolute atomic E-state index is 14.9. The molecule has 3 aliphatic rings. The molecule has 2 aromatic rings. The molecule has 0 radical (unpaired) electrons. The molecule has 2 aromatic heterocycles. The van der Waals surface area contributed by atoms with E-state index in [1.807, 2.05) is 9.97 Å². The Morgan fingerprint density at radius 2 is 0.844 bits per heavy atom. The topological polar surface area (TPSA) is 856 Å². The summed E-state index contributed by atoms with van der Waals surface area (Å²) in [7, 11) is 0. The average Bonchev–Trinajstić information content (AvgIpc) is 0.800. The zero-order chi connectivity index (χ0) is 96.0. The lowest BCUT2D eigenvalue weighted by Gasteiger charge is -2.42. The molecule has 5 heterocycles. The Balaban J connectivity index is 1.31. The lowest BCUT2D eigenvalue weighted by molar-refractivity contribution is -0.232. The number of rotatable bonds is 49. The second kappa shape index (κ2) is 51.9. The van der Waals surface area contributed by atoms with Crippen molar-refractivity contribution in [3.05, 3.63) is 65.2 Å². The Hall–Kier alpha value is -10.1. The van der Waals surface area contributed by atoms with E-state index < -0.39 is 367 Å². The Bertz CT molecular complexity index is 4410. The Kier molecular flexibility index (Phi) is 44.0. The SMILES string of the molecule is Cc1cn(CC(=O)N(CCNC(=O)CNC(=O)CNC(=O)CNC(=O)C(N)C[C@@H]2O[C@H](CO)[C@H](O)[C@H](O)[C@H]2O)C(C[C@@H]2O[C@H](CO)[C@H](O)[C@H](O)[C@H]2O)C(=O)N[C@@H](CS)C(=O)N[C@@H](C)C(=O)NCC(=O)N[C@@H](CS)C(=O)NCCN(C(=O)Cn2cc(C)c(=O)[nH]c2=O)C(C[C@@H]2O[C@H](CO)[C@H](O)[C@H](O)[C@H]2O)C(=O)N[C@H](C(=O)N[C@@H](CCCCN)C(N)=O)[C@@H](C)O)c(=O)[nH]c1=O. The van der Waals surface area contributed by atoms with E-state index in [1.165, 1.54) is 13.8 Å². The number of aromatic amines is 2. The number of aryl methyl sites for hydroxylation is 2. The largest absolute Gasteiger partial charge is 0.394 e. The molecule has 3 saturated heterocycles. The monoisotopic (exact) mass is 1870 g/mol. The molecule has 0 aromatic carbocycles. The zero-order valence-corrected chi connectivity index (χ0v) is 71.7. The molecule has 0 spiro atoms. The van der Waals surface area contributed by atoms with Gasteiger partial charge in [0.1, 0.15) is 129 Å². The summed E-state index contributed by atoms with van der Waals surface area (Å²) in [5.41, 5.74) is 12.8. The van der Waals surface area contributed by atoms with Gasteiger partial charge >= 0.3 is 11.4 Å². The van der Waals surface area contributed by atoms with E-state index in [1.54, 1.807) is 0 Å². The number of carbonyl (C=O) groups is 14. The van der Waals surface area contributed by atoms with Gasteiger partial charge in [0.15, 0.2) is 0 Å². The van der Waals surface area contributed by atoms with Gasteiger partial charge in [-0.3, -0.25) is 95.8 Å². The fraction of sp³-hybridized carbons (Fsp3) is 0.694. The van der Waals surface area contributed by atoms with E-state index in [2.05, 4.69) is 83.7 Å². The van der Waals surface area contributed by atoms with Crippen LogP contribution >= 0.6 is 25.3 Å². The third-order valence-corrected chi connectivity index (χ3v) is 21.6. The minimum absolute atomic E-state index is 0.0379. The molecule has 54 nitrogen and oxygen atoms in total. The number of aromatic nitrogens is 4. The number of carbonyl (C=O) groups excluding carboxylic acids is 14. The average molecular weight is 1870 g/mol. The number of hydrogen-bond donors (Lipinski definition) is 31. The van der Waals surface area contributed by atoms with Crippen molar-refractivity contribution in [2.24, 2.45) is 17.2 Å². The molecule has 0 saturated carbocycles. The van der Waals surface area contributed by atoms with Crippen LogP contribution in [-0.4, -0.2) is 414 Å². The zero-order valence-electron chi connectivity index (χ0n) is 69.9. The van der Waals surface area contributed by atoms with Crippen molar-refractivity contribution in [2.45, 2.75) is 225 Å². The van der Waals surface area contributed by atoms with Gasteiger partial charge in [0, 0.05) is 80.5 Å². The maximum atomic E-state index is 14.9. The molecule has 24 atom stereocenters. The van der Waals surface area contributed by atoms with Crippen LogP contribution in [0.5, 0.6) is 0 Å². The van der Waals surface area contributed by atoms with Gasteiger partial charge in [0.05, 0.1) is 76.5 Å². The number of hydrogen-bond acceptors (Lipinski definition) is 38. The quantitative estimate of drug-likeness (QED) is 0.0216. The molecule has 0 bridgehead atoms. The Labute approximate surface area is 738 Å². The lowest BCUT2D eigenvalue weighted by Crippen LogP contribution is -2.63. The lowest BCUT2D eigenvalue weighted by atomic mass is 9.91. The van der Waals surface area contributed by atoms with E-state index in [9.17, 15) is 153 Å². The van der Waals surface area contributed by atoms with Crippen LogP contribution in [0.1, 0.15) is 63.5 Å². The fourth-order valence-corrected chi connectivity index (χ4v) is 13.9. The summed E-state index contributed by atoms with van der Waals surface area (Å²) < 4.78 is 18.2. The number of H-pyrrole nitrogens is 2. The third-order valence-electron chi connectivity index (χ3n) is 20.8. The van der Waals surface area contributed by atoms with Crippen LogP contribution in [0.2, 0.25) is 0 Å². The number of unbranched alkanes of at least 4 members (excludes halogenated alkanes) is 1. The fourth-order valence-electron chi connectivity index (χ4n) is 13.4. The van der Waals surface area contributed by atoms with Crippen LogP contribution in [0.25, 0.3) is 0 Å². The third kappa shape index (κ3) is 31.4. The van der Waals surface area contributed by atoms with Gasteiger partial charge in [-0.25, -0.2) is 9.59 Å². The molecule has 56 heteroatoms. The molecule has 3 unspecified atom stereocenters. The number of aliphatic hydroxyl groups is 13. The summed E-state index contributed by atoms with van der Waals surface area (Å²) in [5, 5.41) is 161. The number of amides is 14. The summed E-state index contributed by atoms with van der Waals surface area (Å²) in [5.74, 6) is -16.8. The first-order chi connectivity index (χ1) is 60.3. The molecule has 0 aliphatic carbocycles. The maximum Gasteiger partial charge on any atom is 0.328 e. The minimum Gasteiger partial charge on any atom is -0.394 e. The van der Waals surface area contributed by atoms with Gasteiger partial charge in [-0.05, 0) is 53.5 Å². The smallest absolute Gasteiger partial charge is 0.328 e. The number of nitrogens with two attached hydrogens (primary N) is 3. The first-order valence-electron chi connectivity index (χ1n) is 40.2. The van der Waals surface area contributed by atoms with Gasteiger partial charge < -0.3 is 166 Å². The van der Waals surface area contributed by atoms with Gasteiger partial charge in [-0.15, -0.1) is 0 Å². The first kappa shape index (κ1) is 108. The minimum atomic E-state index is -2.11. The van der Waals surface area contributed by atoms with Crippen LogP contribution in [0.3, 0.4) is 0 Å².